The van der Waals surface area contributed by atoms with Crippen LogP contribution in [-0.4, -0.2) is 46.1 Å². The van der Waals surface area contributed by atoms with Crippen LogP contribution in [0.3, 0.4) is 0 Å². The van der Waals surface area contributed by atoms with Crippen LogP contribution in [0.4, 0.5) is 5.82 Å². The standard InChI is InChI=1S/C24H27N3O4S.C2H7NO/c1-24(2,23(28)29)10-9-19-26-21(20-15-5-3-4-6-18(15)32-22(20)27-19)25-12-14-7-8-16-17(11-14)31-13-30-16;3-1-2-4/h7-8,11H,3-6,9-10,12-13H2,1-2H3,(H,28,29)(H,25,26,27);4H,1-3H2. The van der Waals surface area contributed by atoms with Crippen LogP contribution < -0.4 is 20.5 Å². The first-order valence-electron chi connectivity index (χ1n) is 12.3. The quantitative estimate of drug-likeness (QED) is 0.352. The summed E-state index contributed by atoms with van der Waals surface area (Å²) in [6.45, 7) is 4.83. The zero-order chi connectivity index (χ0) is 25.7. The molecule has 0 fully saturated rings. The van der Waals surface area contributed by atoms with Crippen LogP contribution in [0.5, 0.6) is 11.5 Å². The van der Waals surface area contributed by atoms with Gasteiger partial charge in [0.25, 0.3) is 0 Å². The number of rotatable bonds is 8. The maximum atomic E-state index is 11.5. The molecular weight excluding hydrogens is 480 g/mol. The fourth-order valence-corrected chi connectivity index (χ4v) is 5.49. The van der Waals surface area contributed by atoms with Crippen molar-refractivity contribution in [1.82, 2.24) is 9.97 Å². The molecule has 5 rings (SSSR count). The van der Waals surface area contributed by atoms with E-state index in [0.29, 0.717) is 31.8 Å². The molecule has 0 amide bonds. The van der Waals surface area contributed by atoms with Gasteiger partial charge in [0.15, 0.2) is 11.5 Å². The number of carboxylic acids is 1. The average Bonchev–Trinajstić information content (AvgIpc) is 3.50. The number of fused-ring (bicyclic) bond motifs is 4. The third-order valence-electron chi connectivity index (χ3n) is 6.44. The molecule has 1 aromatic carbocycles. The lowest BCUT2D eigenvalue weighted by atomic mass is 9.88. The van der Waals surface area contributed by atoms with Gasteiger partial charge in [0.05, 0.1) is 17.4 Å². The van der Waals surface area contributed by atoms with Crippen molar-refractivity contribution in [3.05, 3.63) is 40.0 Å². The van der Waals surface area contributed by atoms with Crippen LogP contribution in [0.1, 0.15) is 54.9 Å². The van der Waals surface area contributed by atoms with Crippen molar-refractivity contribution in [3.8, 4) is 11.5 Å². The van der Waals surface area contributed by atoms with Crippen molar-refractivity contribution in [2.24, 2.45) is 11.1 Å². The van der Waals surface area contributed by atoms with E-state index in [2.05, 4.69) is 5.32 Å². The second kappa shape index (κ2) is 11.4. The second-order valence-electron chi connectivity index (χ2n) is 9.62. The van der Waals surface area contributed by atoms with Crippen LogP contribution in [0.25, 0.3) is 10.2 Å². The number of ether oxygens (including phenoxy) is 2. The summed E-state index contributed by atoms with van der Waals surface area (Å²) in [4.78, 5) is 23.6. The minimum atomic E-state index is -0.812. The van der Waals surface area contributed by atoms with Gasteiger partial charge in [-0.2, -0.15) is 0 Å². The van der Waals surface area contributed by atoms with Gasteiger partial charge >= 0.3 is 5.97 Å². The highest BCUT2D eigenvalue weighted by atomic mass is 32.1. The summed E-state index contributed by atoms with van der Waals surface area (Å²) in [7, 11) is 0. The minimum absolute atomic E-state index is 0.0972. The molecule has 2 aliphatic rings. The molecular formula is C26H34N4O5S. The van der Waals surface area contributed by atoms with Crippen molar-refractivity contribution in [2.75, 3.05) is 25.3 Å². The number of hydrogen-bond donors (Lipinski definition) is 4. The van der Waals surface area contributed by atoms with Gasteiger partial charge in [0, 0.05) is 24.4 Å². The zero-order valence-electron chi connectivity index (χ0n) is 20.8. The molecule has 0 saturated heterocycles. The number of thiophene rings is 1. The van der Waals surface area contributed by atoms with Gasteiger partial charge < -0.3 is 30.7 Å². The molecule has 194 valence electrons. The third-order valence-corrected chi connectivity index (χ3v) is 7.63. The molecule has 36 heavy (non-hydrogen) atoms. The summed E-state index contributed by atoms with van der Waals surface area (Å²) in [5.41, 5.74) is 6.42. The second-order valence-corrected chi connectivity index (χ2v) is 10.7. The molecule has 3 heterocycles. The molecule has 0 radical (unpaired) electrons. The van der Waals surface area contributed by atoms with E-state index < -0.39 is 11.4 Å². The number of nitrogens with zero attached hydrogens (tertiary/aromatic N) is 2. The van der Waals surface area contributed by atoms with Crippen LogP contribution in [0, 0.1) is 5.41 Å². The predicted molar refractivity (Wildman–Crippen MR) is 140 cm³/mol. The maximum absolute atomic E-state index is 11.5. The predicted octanol–water partition coefficient (Wildman–Crippen LogP) is 3.89. The topological polar surface area (TPSA) is 140 Å². The van der Waals surface area contributed by atoms with E-state index in [9.17, 15) is 9.90 Å². The zero-order valence-corrected chi connectivity index (χ0v) is 21.6. The van der Waals surface area contributed by atoms with Gasteiger partial charge in [-0.25, -0.2) is 9.97 Å². The molecule has 1 aliphatic carbocycles. The molecule has 0 atom stereocenters. The van der Waals surface area contributed by atoms with Gasteiger partial charge in [-0.05, 0) is 69.2 Å². The summed E-state index contributed by atoms with van der Waals surface area (Å²) in [6.07, 6.45) is 5.57. The summed E-state index contributed by atoms with van der Waals surface area (Å²) in [5.74, 6) is 2.27. The number of aliphatic carboxylic acids is 1. The minimum Gasteiger partial charge on any atom is -0.481 e. The Balaban J connectivity index is 0.000000709. The Morgan fingerprint density at radius 3 is 2.69 bits per heavy atom. The van der Waals surface area contributed by atoms with Crippen LogP contribution in [0.15, 0.2) is 18.2 Å². The molecule has 5 N–H and O–H groups in total. The first-order valence-corrected chi connectivity index (χ1v) is 13.1. The van der Waals surface area contributed by atoms with Crippen molar-refractivity contribution < 1.29 is 24.5 Å². The van der Waals surface area contributed by atoms with E-state index in [4.69, 9.17) is 30.3 Å². The van der Waals surface area contributed by atoms with Gasteiger partial charge in [0.2, 0.25) is 6.79 Å². The van der Waals surface area contributed by atoms with Crippen molar-refractivity contribution in [3.63, 3.8) is 0 Å². The largest absolute Gasteiger partial charge is 0.481 e. The van der Waals surface area contributed by atoms with E-state index in [1.54, 1.807) is 25.2 Å². The molecule has 0 saturated carbocycles. The van der Waals surface area contributed by atoms with Crippen molar-refractivity contribution in [1.29, 1.82) is 0 Å². The number of carbonyl (C=O) groups is 1. The fraction of sp³-hybridized carbons (Fsp3) is 0.500. The highest BCUT2D eigenvalue weighted by Gasteiger charge is 2.28. The summed E-state index contributed by atoms with van der Waals surface area (Å²) in [5, 5.41) is 21.9. The molecule has 0 spiro atoms. The molecule has 2 aromatic heterocycles. The van der Waals surface area contributed by atoms with Gasteiger partial charge in [-0.15, -0.1) is 11.3 Å². The van der Waals surface area contributed by atoms with E-state index in [0.717, 1.165) is 45.9 Å². The Bertz CT molecular complexity index is 1220. The number of nitrogens with one attached hydrogen (secondary N) is 1. The number of anilines is 1. The van der Waals surface area contributed by atoms with Crippen LogP contribution in [0.2, 0.25) is 0 Å². The lowest BCUT2D eigenvalue weighted by Crippen LogP contribution is -2.24. The highest BCUT2D eigenvalue weighted by molar-refractivity contribution is 7.19. The Morgan fingerprint density at radius 1 is 1.19 bits per heavy atom. The van der Waals surface area contributed by atoms with Gasteiger partial charge in [-0.1, -0.05) is 6.07 Å². The van der Waals surface area contributed by atoms with Crippen molar-refractivity contribution in [2.45, 2.75) is 58.9 Å². The first-order chi connectivity index (χ1) is 17.3. The van der Waals surface area contributed by atoms with E-state index >= 15 is 0 Å². The Kier molecular flexibility index (Phi) is 8.28. The molecule has 0 bridgehead atoms. The Labute approximate surface area is 214 Å². The van der Waals surface area contributed by atoms with Crippen LogP contribution in [-0.2, 0) is 30.6 Å². The average molecular weight is 515 g/mol. The van der Waals surface area contributed by atoms with Crippen LogP contribution >= 0.6 is 11.3 Å². The molecule has 0 unspecified atom stereocenters. The van der Waals surface area contributed by atoms with E-state index in [1.807, 2.05) is 18.2 Å². The number of aliphatic hydroxyl groups excluding tert-OH is 1. The van der Waals surface area contributed by atoms with E-state index in [-0.39, 0.29) is 13.4 Å². The SMILES string of the molecule is CC(C)(CCc1nc(NCc2ccc3c(c2)OCO3)c2c3c(sc2n1)CCCC3)C(=O)O.NCCO. The highest BCUT2D eigenvalue weighted by Crippen LogP contribution is 2.39. The first kappa shape index (κ1) is 26.1. The lowest BCUT2D eigenvalue weighted by molar-refractivity contribution is -0.147. The normalized spacial score (nSPS) is 14.2. The number of benzene rings is 1. The molecule has 9 nitrogen and oxygen atoms in total. The molecule has 1 aliphatic heterocycles. The monoisotopic (exact) mass is 514 g/mol. The maximum Gasteiger partial charge on any atom is 0.309 e. The number of nitrogens with two attached hydrogens (primary N) is 1. The summed E-state index contributed by atoms with van der Waals surface area (Å²) in [6, 6.07) is 5.95. The number of hydrogen-bond acceptors (Lipinski definition) is 9. The molecule has 10 heteroatoms. The number of aliphatic hydroxyl groups is 1. The number of aromatic nitrogens is 2. The Morgan fingerprint density at radius 2 is 1.94 bits per heavy atom. The van der Waals surface area contributed by atoms with Crippen molar-refractivity contribution >= 4 is 33.3 Å². The number of aryl methyl sites for hydroxylation is 3. The fourth-order valence-electron chi connectivity index (χ4n) is 4.21. The lowest BCUT2D eigenvalue weighted by Gasteiger charge is -2.18. The molecule has 3 aromatic rings. The number of carboxylic acid groups (broad SMARTS) is 1. The van der Waals surface area contributed by atoms with E-state index in [1.165, 1.54) is 23.3 Å². The Hall–Kier alpha value is -2.95. The summed E-state index contributed by atoms with van der Waals surface area (Å²) < 4.78 is 10.9. The third kappa shape index (κ3) is 5.88. The van der Waals surface area contributed by atoms with Gasteiger partial charge in [-0.3, -0.25) is 4.79 Å². The van der Waals surface area contributed by atoms with Gasteiger partial charge in [0.1, 0.15) is 16.5 Å². The summed E-state index contributed by atoms with van der Waals surface area (Å²) >= 11 is 1.76. The smallest absolute Gasteiger partial charge is 0.309 e.